The number of methoxy groups -OCH3 is 1. The van der Waals surface area contributed by atoms with E-state index in [1.54, 1.807) is 13.4 Å². The lowest BCUT2D eigenvalue weighted by atomic mass is 10.0. The Labute approximate surface area is 189 Å². The normalized spacial score (nSPS) is 12.3. The smallest absolute Gasteiger partial charge is 0.251 e. The molecule has 2 N–H and O–H groups in total. The van der Waals surface area contributed by atoms with Gasteiger partial charge in [-0.05, 0) is 56.4 Å². The fourth-order valence-electron chi connectivity index (χ4n) is 3.30. The minimum absolute atomic E-state index is 0.0711. The van der Waals surface area contributed by atoms with Crippen molar-refractivity contribution < 1.29 is 9.53 Å². The Balaban J connectivity index is 1.85. The molecule has 0 radical (unpaired) electrons. The van der Waals surface area contributed by atoms with Gasteiger partial charge in [0, 0.05) is 47.6 Å². The summed E-state index contributed by atoms with van der Waals surface area (Å²) in [6.45, 7) is 3.48. The van der Waals surface area contributed by atoms with E-state index in [2.05, 4.69) is 28.3 Å². The number of pyridine rings is 1. The maximum atomic E-state index is 12.5. The topological polar surface area (TPSA) is 70.2 Å². The maximum absolute atomic E-state index is 12.5. The molecule has 1 amide bonds. The van der Waals surface area contributed by atoms with Crippen molar-refractivity contribution in [2.75, 3.05) is 34.3 Å². The lowest BCUT2D eigenvalue weighted by Gasteiger charge is -2.11. The van der Waals surface area contributed by atoms with Crippen LogP contribution < -0.4 is 5.32 Å². The van der Waals surface area contributed by atoms with Gasteiger partial charge >= 0.3 is 0 Å². The van der Waals surface area contributed by atoms with Crippen LogP contribution in [0.1, 0.15) is 22.8 Å². The minimum Gasteiger partial charge on any atom is -0.504 e. The van der Waals surface area contributed by atoms with Gasteiger partial charge in [0.1, 0.15) is 5.65 Å². The van der Waals surface area contributed by atoms with Crippen molar-refractivity contribution in [3.63, 3.8) is 0 Å². The second-order valence-electron chi connectivity index (χ2n) is 7.76. The fourth-order valence-corrected chi connectivity index (χ4v) is 3.30. The number of nitrogens with one attached hydrogen (secondary N) is 2. The summed E-state index contributed by atoms with van der Waals surface area (Å²) in [5.74, 6) is -0.0711. The summed E-state index contributed by atoms with van der Waals surface area (Å²) in [4.78, 5) is 22.4. The molecule has 3 rings (SSSR count). The molecule has 32 heavy (non-hydrogen) atoms. The van der Waals surface area contributed by atoms with Gasteiger partial charge in [0.25, 0.3) is 5.91 Å². The number of aromatic nitrogens is 2. The molecular weight excluding hydrogens is 400 g/mol. The monoisotopic (exact) mass is 430 g/mol. The number of ether oxygens (including phenoxy) is 1. The number of fused-ring (bicyclic) bond motifs is 1. The highest BCUT2D eigenvalue weighted by atomic mass is 16.5. The van der Waals surface area contributed by atoms with Crippen LogP contribution >= 0.6 is 0 Å². The summed E-state index contributed by atoms with van der Waals surface area (Å²) in [7, 11) is 5.59. The van der Waals surface area contributed by atoms with Gasteiger partial charge in [-0.3, -0.25) is 4.79 Å². The number of amides is 1. The van der Waals surface area contributed by atoms with Crippen LogP contribution in [0.4, 0.5) is 0 Å². The van der Waals surface area contributed by atoms with Crippen molar-refractivity contribution in [3.05, 3.63) is 84.4 Å². The van der Waals surface area contributed by atoms with E-state index < -0.39 is 0 Å². The summed E-state index contributed by atoms with van der Waals surface area (Å²) in [6, 6.07) is 9.76. The lowest BCUT2D eigenvalue weighted by molar-refractivity contribution is 0.0951. The zero-order valence-corrected chi connectivity index (χ0v) is 19.1. The Hall–Kier alpha value is -3.64. The van der Waals surface area contributed by atoms with Crippen molar-refractivity contribution in [3.8, 4) is 11.1 Å². The Morgan fingerprint density at radius 1 is 1.19 bits per heavy atom. The Morgan fingerprint density at radius 2 is 2.03 bits per heavy atom. The number of H-pyrrole nitrogens is 1. The number of aromatic amines is 1. The summed E-state index contributed by atoms with van der Waals surface area (Å²) in [5, 5.41) is 4.00. The molecule has 3 aromatic rings. The molecule has 6 nitrogen and oxygen atoms in total. The predicted molar refractivity (Wildman–Crippen MR) is 131 cm³/mol. The molecule has 0 atom stereocenters. The largest absolute Gasteiger partial charge is 0.504 e. The Morgan fingerprint density at radius 3 is 2.81 bits per heavy atom. The number of likely N-dealkylation sites (N-methyl/N-ethyl adjacent to an activating group) is 1. The average molecular weight is 431 g/mol. The van der Waals surface area contributed by atoms with E-state index in [9.17, 15) is 4.79 Å². The van der Waals surface area contributed by atoms with Crippen molar-refractivity contribution in [1.82, 2.24) is 20.2 Å². The number of hydrogen-bond donors (Lipinski definition) is 2. The highest BCUT2D eigenvalue weighted by Crippen LogP contribution is 2.28. The van der Waals surface area contributed by atoms with Crippen molar-refractivity contribution in [2.24, 2.45) is 0 Å². The molecule has 2 aromatic heterocycles. The van der Waals surface area contributed by atoms with Gasteiger partial charge in [-0.2, -0.15) is 0 Å². The van der Waals surface area contributed by atoms with Gasteiger partial charge in [-0.25, -0.2) is 4.98 Å². The first-order valence-corrected chi connectivity index (χ1v) is 10.5. The maximum Gasteiger partial charge on any atom is 0.251 e. The number of allylic oxidation sites excluding steroid dienone is 5. The van der Waals surface area contributed by atoms with Crippen LogP contribution in [0.25, 0.3) is 27.7 Å². The van der Waals surface area contributed by atoms with E-state index in [0.29, 0.717) is 12.1 Å². The van der Waals surface area contributed by atoms with Gasteiger partial charge in [-0.1, -0.05) is 30.4 Å². The van der Waals surface area contributed by atoms with E-state index in [1.807, 2.05) is 80.0 Å². The van der Waals surface area contributed by atoms with Crippen LogP contribution in [0.2, 0.25) is 0 Å². The van der Waals surface area contributed by atoms with E-state index in [4.69, 9.17) is 4.74 Å². The summed E-state index contributed by atoms with van der Waals surface area (Å²) in [5.41, 5.74) is 5.60. The molecule has 6 heteroatoms. The van der Waals surface area contributed by atoms with E-state index in [-0.39, 0.29) is 5.91 Å². The number of nitrogens with zero attached hydrogens (tertiary/aromatic N) is 2. The molecule has 0 aliphatic heterocycles. The molecular formula is C26H30N4O2. The van der Waals surface area contributed by atoms with Crippen molar-refractivity contribution >= 4 is 22.5 Å². The number of carbonyl (C=O) groups excluding carboxylic acids is 1. The van der Waals surface area contributed by atoms with Crippen molar-refractivity contribution in [1.29, 1.82) is 0 Å². The van der Waals surface area contributed by atoms with Crippen LogP contribution in [0.15, 0.2) is 73.3 Å². The summed E-state index contributed by atoms with van der Waals surface area (Å²) in [6.07, 6.45) is 13.2. The van der Waals surface area contributed by atoms with Crippen LogP contribution in [0, 0.1) is 0 Å². The third-order valence-electron chi connectivity index (χ3n) is 5.04. The Bertz CT molecular complexity index is 1160. The number of carbonyl (C=O) groups is 1. The molecule has 2 heterocycles. The second kappa shape index (κ2) is 11.1. The molecule has 0 unspecified atom stereocenters. The van der Waals surface area contributed by atoms with Gasteiger partial charge in [-0.15, -0.1) is 0 Å². The zero-order chi connectivity index (χ0) is 22.9. The molecule has 0 bridgehead atoms. The first-order valence-electron chi connectivity index (χ1n) is 10.5. The third kappa shape index (κ3) is 5.95. The molecule has 1 aromatic carbocycles. The van der Waals surface area contributed by atoms with E-state index in [1.165, 1.54) is 0 Å². The SMILES string of the molecule is CO/C=C/C=C\C=C(/C)c1c[nH]c2ncc(-c3cccc(C(=O)NCCN(C)C)c3)cc12. The first kappa shape index (κ1) is 23.0. The lowest BCUT2D eigenvalue weighted by Crippen LogP contribution is -2.31. The minimum atomic E-state index is -0.0711. The molecule has 166 valence electrons. The first-order chi connectivity index (χ1) is 15.5. The van der Waals surface area contributed by atoms with Crippen LogP contribution in [-0.2, 0) is 4.74 Å². The highest BCUT2D eigenvalue weighted by Gasteiger charge is 2.10. The third-order valence-corrected chi connectivity index (χ3v) is 5.04. The van der Waals surface area contributed by atoms with Crippen LogP contribution in [-0.4, -0.2) is 55.1 Å². The quantitative estimate of drug-likeness (QED) is 0.383. The zero-order valence-electron chi connectivity index (χ0n) is 19.1. The fraction of sp³-hybridized carbons (Fsp3) is 0.231. The van der Waals surface area contributed by atoms with Gasteiger partial charge in [0.15, 0.2) is 0 Å². The molecule has 0 aliphatic rings. The molecule has 0 spiro atoms. The van der Waals surface area contributed by atoms with Gasteiger partial charge in [0.2, 0.25) is 0 Å². The van der Waals surface area contributed by atoms with Crippen LogP contribution in [0.5, 0.6) is 0 Å². The summed E-state index contributed by atoms with van der Waals surface area (Å²) >= 11 is 0. The molecule has 0 saturated heterocycles. The number of benzene rings is 1. The van der Waals surface area contributed by atoms with Crippen molar-refractivity contribution in [2.45, 2.75) is 6.92 Å². The Kier molecular flexibility index (Phi) is 8.00. The number of hydrogen-bond acceptors (Lipinski definition) is 4. The van der Waals surface area contributed by atoms with E-state index >= 15 is 0 Å². The van der Waals surface area contributed by atoms with E-state index in [0.717, 1.165) is 39.8 Å². The average Bonchev–Trinajstić information content (AvgIpc) is 3.22. The molecule has 0 aliphatic carbocycles. The van der Waals surface area contributed by atoms with Crippen LogP contribution in [0.3, 0.4) is 0 Å². The second-order valence-corrected chi connectivity index (χ2v) is 7.76. The van der Waals surface area contributed by atoms with Gasteiger partial charge in [0.05, 0.1) is 13.4 Å². The predicted octanol–water partition coefficient (Wildman–Crippen LogP) is 4.64. The highest BCUT2D eigenvalue weighted by molar-refractivity contribution is 5.96. The number of rotatable bonds is 9. The molecule has 0 fully saturated rings. The standard InChI is InChI=1S/C26H30N4O2/c1-19(9-6-5-7-14-32-4)24-18-29-25-23(24)16-22(17-28-25)20-10-8-11-21(15-20)26(31)27-12-13-30(2)3/h5-11,14-18H,12-13H2,1-4H3,(H,27,31)(H,28,29)/b6-5-,14-7+,19-9+. The molecule has 0 saturated carbocycles. The van der Waals surface area contributed by atoms with Gasteiger partial charge < -0.3 is 19.9 Å². The summed E-state index contributed by atoms with van der Waals surface area (Å²) < 4.78 is 4.89.